The van der Waals surface area contributed by atoms with Gasteiger partial charge in [0.2, 0.25) is 5.91 Å². The Bertz CT molecular complexity index is 1030. The maximum Gasteiger partial charge on any atom is 0.225 e. The van der Waals surface area contributed by atoms with Gasteiger partial charge in [-0.15, -0.1) is 11.3 Å². The van der Waals surface area contributed by atoms with E-state index in [2.05, 4.69) is 38.1 Å². The molecule has 146 valence electrons. The van der Waals surface area contributed by atoms with Crippen molar-refractivity contribution in [2.75, 3.05) is 0 Å². The molecule has 0 fully saturated rings. The molecular weight excluding hydrogens is 364 g/mol. The number of aromatic nitrogens is 1. The number of benzene rings is 1. The zero-order chi connectivity index (χ0) is 19.8. The zero-order valence-corrected chi connectivity index (χ0v) is 17.8. The molecule has 4 rings (SSSR count). The van der Waals surface area contributed by atoms with Crippen LogP contribution in [0.25, 0.3) is 21.3 Å². The molecule has 4 heteroatoms. The SMILES string of the molecule is CCCC(C(N)=O)c1c(C)nc2sc3c(c2c1-c1ccc(C)cc1)CCCC3. The van der Waals surface area contributed by atoms with Crippen LogP contribution in [0.2, 0.25) is 0 Å². The van der Waals surface area contributed by atoms with E-state index in [1.165, 1.54) is 45.4 Å². The van der Waals surface area contributed by atoms with E-state index < -0.39 is 0 Å². The van der Waals surface area contributed by atoms with Crippen LogP contribution in [0.3, 0.4) is 0 Å². The topological polar surface area (TPSA) is 56.0 Å². The summed E-state index contributed by atoms with van der Waals surface area (Å²) in [7, 11) is 0. The third kappa shape index (κ3) is 3.24. The van der Waals surface area contributed by atoms with E-state index in [9.17, 15) is 4.79 Å². The Morgan fingerprint density at radius 3 is 2.57 bits per heavy atom. The fourth-order valence-corrected chi connectivity index (χ4v) is 5.90. The van der Waals surface area contributed by atoms with E-state index in [0.717, 1.165) is 41.8 Å². The third-order valence-electron chi connectivity index (χ3n) is 5.94. The van der Waals surface area contributed by atoms with Crippen molar-refractivity contribution >= 4 is 27.5 Å². The normalized spacial score (nSPS) is 14.8. The van der Waals surface area contributed by atoms with Gasteiger partial charge in [0.05, 0.1) is 5.92 Å². The second kappa shape index (κ2) is 7.67. The third-order valence-corrected chi connectivity index (χ3v) is 7.13. The first-order chi connectivity index (χ1) is 13.5. The molecule has 2 aromatic heterocycles. The standard InChI is InChI=1S/C24H28N2OS/c1-4-7-18(23(25)27)20-15(3)26-24-22(17-8-5-6-9-19(17)28-24)21(20)16-12-10-14(2)11-13-16/h10-13,18H,4-9H2,1-3H3,(H2,25,27). The molecule has 1 atom stereocenters. The first-order valence-electron chi connectivity index (χ1n) is 10.3. The van der Waals surface area contributed by atoms with Crippen LogP contribution >= 0.6 is 11.3 Å². The van der Waals surface area contributed by atoms with Crippen LogP contribution in [0.4, 0.5) is 0 Å². The number of amides is 1. The molecule has 1 amide bonds. The number of carbonyl (C=O) groups excluding carboxylic acids is 1. The maximum atomic E-state index is 12.4. The van der Waals surface area contributed by atoms with Gasteiger partial charge in [0, 0.05) is 16.0 Å². The van der Waals surface area contributed by atoms with E-state index in [1.807, 2.05) is 18.3 Å². The summed E-state index contributed by atoms with van der Waals surface area (Å²) in [5, 5.41) is 1.27. The van der Waals surface area contributed by atoms with Gasteiger partial charge in [0.25, 0.3) is 0 Å². The van der Waals surface area contributed by atoms with Crippen LogP contribution in [0.1, 0.15) is 65.8 Å². The lowest BCUT2D eigenvalue weighted by Crippen LogP contribution is -2.23. The molecule has 0 radical (unpaired) electrons. The number of hydrogen-bond donors (Lipinski definition) is 1. The van der Waals surface area contributed by atoms with Gasteiger partial charge >= 0.3 is 0 Å². The molecule has 2 heterocycles. The van der Waals surface area contributed by atoms with E-state index >= 15 is 0 Å². The van der Waals surface area contributed by atoms with Crippen molar-refractivity contribution in [3.05, 3.63) is 51.5 Å². The van der Waals surface area contributed by atoms with Gasteiger partial charge < -0.3 is 5.73 Å². The molecule has 0 aliphatic heterocycles. The van der Waals surface area contributed by atoms with Crippen LogP contribution in [-0.2, 0) is 17.6 Å². The molecule has 0 saturated heterocycles. The number of nitrogens with two attached hydrogens (primary N) is 1. The lowest BCUT2D eigenvalue weighted by atomic mass is 9.83. The molecule has 1 aliphatic rings. The number of aryl methyl sites for hydroxylation is 4. The van der Waals surface area contributed by atoms with E-state index in [1.54, 1.807) is 0 Å². The van der Waals surface area contributed by atoms with Gasteiger partial charge in [-0.1, -0.05) is 43.2 Å². The van der Waals surface area contributed by atoms with Crippen molar-refractivity contribution in [1.29, 1.82) is 0 Å². The smallest absolute Gasteiger partial charge is 0.225 e. The molecular formula is C24H28N2OS. The van der Waals surface area contributed by atoms with Gasteiger partial charge in [-0.3, -0.25) is 4.79 Å². The summed E-state index contributed by atoms with van der Waals surface area (Å²) in [6.45, 7) is 6.25. The second-order valence-electron chi connectivity index (χ2n) is 7.99. The minimum absolute atomic E-state index is 0.247. The van der Waals surface area contributed by atoms with E-state index in [-0.39, 0.29) is 11.8 Å². The highest BCUT2D eigenvalue weighted by atomic mass is 32.1. The molecule has 1 aliphatic carbocycles. The molecule has 1 aromatic carbocycles. The highest BCUT2D eigenvalue weighted by molar-refractivity contribution is 7.19. The predicted molar refractivity (Wildman–Crippen MR) is 118 cm³/mol. The average molecular weight is 393 g/mol. The van der Waals surface area contributed by atoms with Crippen LogP contribution in [0.5, 0.6) is 0 Å². The Kier molecular flexibility index (Phi) is 5.24. The van der Waals surface area contributed by atoms with E-state index in [0.29, 0.717) is 0 Å². The molecule has 0 spiro atoms. The van der Waals surface area contributed by atoms with Gasteiger partial charge in [0.1, 0.15) is 4.83 Å². The maximum absolute atomic E-state index is 12.4. The number of rotatable bonds is 5. The molecule has 0 bridgehead atoms. The first-order valence-corrected chi connectivity index (χ1v) is 11.1. The minimum atomic E-state index is -0.294. The quantitative estimate of drug-likeness (QED) is 0.594. The number of hydrogen-bond acceptors (Lipinski definition) is 3. The van der Waals surface area contributed by atoms with Gasteiger partial charge in [0.15, 0.2) is 0 Å². The molecule has 2 N–H and O–H groups in total. The molecule has 28 heavy (non-hydrogen) atoms. The zero-order valence-electron chi connectivity index (χ0n) is 17.0. The Labute approximate surface area is 171 Å². The molecule has 0 saturated carbocycles. The number of nitrogens with zero attached hydrogens (tertiary/aromatic N) is 1. The number of pyridine rings is 1. The van der Waals surface area contributed by atoms with Crippen molar-refractivity contribution in [2.45, 2.75) is 65.2 Å². The summed E-state index contributed by atoms with van der Waals surface area (Å²) in [4.78, 5) is 20.0. The minimum Gasteiger partial charge on any atom is -0.369 e. The Balaban J connectivity index is 2.09. The first kappa shape index (κ1) is 19.1. The lowest BCUT2D eigenvalue weighted by molar-refractivity contribution is -0.119. The van der Waals surface area contributed by atoms with Crippen molar-refractivity contribution in [3.8, 4) is 11.1 Å². The predicted octanol–water partition coefficient (Wildman–Crippen LogP) is 5.83. The Hall–Kier alpha value is -2.20. The van der Waals surface area contributed by atoms with Crippen LogP contribution in [0, 0.1) is 13.8 Å². The monoisotopic (exact) mass is 392 g/mol. The summed E-state index contributed by atoms with van der Waals surface area (Å²) in [5.74, 6) is -0.541. The lowest BCUT2D eigenvalue weighted by Gasteiger charge is -2.22. The number of fused-ring (bicyclic) bond motifs is 3. The molecule has 3 nitrogen and oxygen atoms in total. The van der Waals surface area contributed by atoms with Crippen LogP contribution < -0.4 is 5.73 Å². The van der Waals surface area contributed by atoms with Crippen LogP contribution in [0.15, 0.2) is 24.3 Å². The van der Waals surface area contributed by atoms with Gasteiger partial charge in [-0.25, -0.2) is 4.98 Å². The van der Waals surface area contributed by atoms with Crippen molar-refractivity contribution in [1.82, 2.24) is 4.98 Å². The number of thiophene rings is 1. The highest BCUT2D eigenvalue weighted by Crippen LogP contribution is 2.45. The fourth-order valence-electron chi connectivity index (χ4n) is 4.58. The fraction of sp³-hybridized carbons (Fsp3) is 0.417. The summed E-state index contributed by atoms with van der Waals surface area (Å²) in [5.41, 5.74) is 12.9. The summed E-state index contributed by atoms with van der Waals surface area (Å²) in [6.07, 6.45) is 6.41. The highest BCUT2D eigenvalue weighted by Gasteiger charge is 2.29. The largest absolute Gasteiger partial charge is 0.369 e. The molecule has 1 unspecified atom stereocenters. The summed E-state index contributed by atoms with van der Waals surface area (Å²) in [6, 6.07) is 8.67. The summed E-state index contributed by atoms with van der Waals surface area (Å²) >= 11 is 1.84. The second-order valence-corrected chi connectivity index (χ2v) is 9.07. The molecule has 3 aromatic rings. The van der Waals surface area contributed by atoms with Gasteiger partial charge in [-0.05, 0) is 68.2 Å². The Morgan fingerprint density at radius 1 is 1.18 bits per heavy atom. The summed E-state index contributed by atoms with van der Waals surface area (Å²) < 4.78 is 0. The van der Waals surface area contributed by atoms with Crippen molar-refractivity contribution in [3.63, 3.8) is 0 Å². The average Bonchev–Trinajstić information content (AvgIpc) is 3.04. The number of primary amides is 1. The van der Waals surface area contributed by atoms with Gasteiger partial charge in [-0.2, -0.15) is 0 Å². The van der Waals surface area contributed by atoms with E-state index in [4.69, 9.17) is 10.7 Å². The Morgan fingerprint density at radius 2 is 1.89 bits per heavy atom. The van der Waals surface area contributed by atoms with Crippen molar-refractivity contribution in [2.24, 2.45) is 5.73 Å². The number of carbonyl (C=O) groups is 1. The van der Waals surface area contributed by atoms with Crippen molar-refractivity contribution < 1.29 is 4.79 Å². The van der Waals surface area contributed by atoms with Crippen LogP contribution in [-0.4, -0.2) is 10.9 Å².